The lowest BCUT2D eigenvalue weighted by molar-refractivity contribution is -0.149. The minimum absolute atomic E-state index is 0.0757. The van der Waals surface area contributed by atoms with Gasteiger partial charge in [-0.3, -0.25) is 0 Å². The summed E-state index contributed by atoms with van der Waals surface area (Å²) >= 11 is 0. The van der Waals surface area contributed by atoms with Crippen LogP contribution in [0.2, 0.25) is 0 Å². The van der Waals surface area contributed by atoms with E-state index in [0.29, 0.717) is 25.4 Å². The second kappa shape index (κ2) is 12.8. The molecule has 32 heavy (non-hydrogen) atoms. The van der Waals surface area contributed by atoms with E-state index in [4.69, 9.17) is 18.9 Å². The Balaban J connectivity index is 1.96. The van der Waals surface area contributed by atoms with Gasteiger partial charge in [-0.05, 0) is 76.1 Å². The van der Waals surface area contributed by atoms with Crippen LogP contribution in [0, 0.1) is 0 Å². The molecular weight excluding hydrogens is 408 g/mol. The zero-order valence-corrected chi connectivity index (χ0v) is 19.5. The van der Waals surface area contributed by atoms with Crippen molar-refractivity contribution >= 4 is 12.0 Å². The molecule has 0 heterocycles. The first-order valence-electron chi connectivity index (χ1n) is 11.0. The van der Waals surface area contributed by atoms with Crippen molar-refractivity contribution in [3.8, 4) is 17.2 Å². The second-order valence-corrected chi connectivity index (χ2v) is 7.91. The van der Waals surface area contributed by atoms with Crippen molar-refractivity contribution in [2.24, 2.45) is 0 Å². The van der Waals surface area contributed by atoms with Gasteiger partial charge in [0.2, 0.25) is 0 Å². The fraction of sp³-hybridized carbons (Fsp3) is 0.423. The highest BCUT2D eigenvalue weighted by Crippen LogP contribution is 2.25. The molecule has 2 rings (SSSR count). The summed E-state index contributed by atoms with van der Waals surface area (Å²) in [6, 6.07) is 13.2. The van der Waals surface area contributed by atoms with Crippen LogP contribution in [0.3, 0.4) is 0 Å². The Morgan fingerprint density at radius 2 is 1.53 bits per heavy atom. The number of carbonyl (C=O) groups is 1. The van der Waals surface area contributed by atoms with Crippen molar-refractivity contribution in [2.45, 2.75) is 59.4 Å². The summed E-state index contributed by atoms with van der Waals surface area (Å²) in [5.74, 6) is 1.28. The molecule has 0 amide bonds. The van der Waals surface area contributed by atoms with Gasteiger partial charge in [0.15, 0.2) is 6.10 Å². The second-order valence-electron chi connectivity index (χ2n) is 7.91. The quantitative estimate of drug-likeness (QED) is 0.449. The lowest BCUT2D eigenvalue weighted by Gasteiger charge is -2.15. The molecule has 0 aliphatic carbocycles. The SMILES string of the molecule is CCO[C@@H](Cc1ccc(OC/C=C/c2cc(OC(C)C)cc(OC(C)C)c2)cc1)C(=O)O. The van der Waals surface area contributed by atoms with Gasteiger partial charge in [-0.2, -0.15) is 0 Å². The summed E-state index contributed by atoms with van der Waals surface area (Å²) in [5.41, 5.74) is 1.85. The summed E-state index contributed by atoms with van der Waals surface area (Å²) in [5, 5.41) is 9.20. The van der Waals surface area contributed by atoms with E-state index < -0.39 is 12.1 Å². The highest BCUT2D eigenvalue weighted by atomic mass is 16.5. The topological polar surface area (TPSA) is 74.2 Å². The Morgan fingerprint density at radius 3 is 2.03 bits per heavy atom. The molecule has 0 unspecified atom stereocenters. The molecule has 0 saturated carbocycles. The minimum atomic E-state index is -0.956. The van der Waals surface area contributed by atoms with Gasteiger partial charge in [0.25, 0.3) is 0 Å². The van der Waals surface area contributed by atoms with E-state index in [1.54, 1.807) is 6.92 Å². The lowest BCUT2D eigenvalue weighted by atomic mass is 10.1. The maximum absolute atomic E-state index is 11.2. The first-order valence-corrected chi connectivity index (χ1v) is 11.0. The van der Waals surface area contributed by atoms with E-state index in [1.165, 1.54) is 0 Å². The molecule has 0 fully saturated rings. The maximum atomic E-state index is 11.2. The Kier molecular flexibility index (Phi) is 10.1. The summed E-state index contributed by atoms with van der Waals surface area (Å²) < 4.78 is 22.7. The maximum Gasteiger partial charge on any atom is 0.333 e. The predicted octanol–water partition coefficient (Wildman–Crippen LogP) is 5.39. The van der Waals surface area contributed by atoms with Gasteiger partial charge in [-0.25, -0.2) is 4.79 Å². The number of hydrogen-bond donors (Lipinski definition) is 1. The predicted molar refractivity (Wildman–Crippen MR) is 126 cm³/mol. The summed E-state index contributed by atoms with van der Waals surface area (Å²) in [6.07, 6.45) is 3.53. The van der Waals surface area contributed by atoms with E-state index >= 15 is 0 Å². The van der Waals surface area contributed by atoms with Crippen LogP contribution in [0.5, 0.6) is 17.2 Å². The number of ether oxygens (including phenoxy) is 4. The van der Waals surface area contributed by atoms with Crippen molar-refractivity contribution < 1.29 is 28.8 Å². The standard InChI is InChI=1S/C26H34O6/c1-6-29-25(26(27)28)16-20-9-11-22(12-10-20)30-13-7-8-21-14-23(31-18(2)3)17-24(15-21)32-19(4)5/h7-12,14-15,17-19,25H,6,13,16H2,1-5H3,(H,27,28)/b8-7+/t25-/m0/s1. The highest BCUT2D eigenvalue weighted by Gasteiger charge is 2.17. The number of carboxylic acid groups (broad SMARTS) is 1. The van der Waals surface area contributed by atoms with Gasteiger partial charge in [-0.15, -0.1) is 0 Å². The van der Waals surface area contributed by atoms with Gasteiger partial charge in [0.1, 0.15) is 23.9 Å². The fourth-order valence-electron chi connectivity index (χ4n) is 3.05. The Hall–Kier alpha value is -2.99. The first-order chi connectivity index (χ1) is 15.3. The van der Waals surface area contributed by atoms with Crippen LogP contribution in [0.15, 0.2) is 48.5 Å². The van der Waals surface area contributed by atoms with Crippen LogP contribution in [-0.4, -0.2) is 42.6 Å². The van der Waals surface area contributed by atoms with Crippen molar-refractivity contribution in [1.29, 1.82) is 0 Å². The van der Waals surface area contributed by atoms with Gasteiger partial charge in [0.05, 0.1) is 12.2 Å². The number of carboxylic acids is 1. The molecule has 174 valence electrons. The lowest BCUT2D eigenvalue weighted by Crippen LogP contribution is -2.26. The molecule has 0 bridgehead atoms. The van der Waals surface area contributed by atoms with Crippen molar-refractivity contribution in [3.05, 3.63) is 59.7 Å². The number of rotatable bonds is 13. The zero-order chi connectivity index (χ0) is 23.5. The molecule has 0 spiro atoms. The Morgan fingerprint density at radius 1 is 0.938 bits per heavy atom. The third-order valence-corrected chi connectivity index (χ3v) is 4.29. The molecule has 1 atom stereocenters. The molecule has 0 aromatic heterocycles. The summed E-state index contributed by atoms with van der Waals surface area (Å²) in [4.78, 5) is 11.2. The monoisotopic (exact) mass is 442 g/mol. The van der Waals surface area contributed by atoms with E-state index in [-0.39, 0.29) is 12.2 Å². The van der Waals surface area contributed by atoms with Crippen LogP contribution >= 0.6 is 0 Å². The Bertz CT molecular complexity index is 842. The van der Waals surface area contributed by atoms with Crippen molar-refractivity contribution in [1.82, 2.24) is 0 Å². The minimum Gasteiger partial charge on any atom is -0.491 e. The number of hydrogen-bond acceptors (Lipinski definition) is 5. The average Bonchev–Trinajstić information content (AvgIpc) is 2.71. The third kappa shape index (κ3) is 9.02. The van der Waals surface area contributed by atoms with Crippen LogP contribution in [0.4, 0.5) is 0 Å². The van der Waals surface area contributed by atoms with Gasteiger partial charge < -0.3 is 24.1 Å². The Labute approximate surface area is 190 Å². The molecule has 1 N–H and O–H groups in total. The molecule has 2 aromatic rings. The fourth-order valence-corrected chi connectivity index (χ4v) is 3.05. The molecule has 6 heteroatoms. The normalized spacial score (nSPS) is 12.3. The average molecular weight is 443 g/mol. The molecule has 2 aromatic carbocycles. The molecular formula is C26H34O6. The molecule has 0 aliphatic heterocycles. The smallest absolute Gasteiger partial charge is 0.333 e. The molecule has 6 nitrogen and oxygen atoms in total. The van der Waals surface area contributed by atoms with Crippen molar-refractivity contribution in [2.75, 3.05) is 13.2 Å². The van der Waals surface area contributed by atoms with E-state index in [1.807, 2.05) is 82.3 Å². The van der Waals surface area contributed by atoms with Crippen LogP contribution in [-0.2, 0) is 16.0 Å². The summed E-state index contributed by atoms with van der Waals surface area (Å²) in [6.45, 7) is 10.5. The molecule has 0 saturated heterocycles. The van der Waals surface area contributed by atoms with Crippen molar-refractivity contribution in [3.63, 3.8) is 0 Å². The summed E-state index contributed by atoms with van der Waals surface area (Å²) in [7, 11) is 0. The van der Waals surface area contributed by atoms with Gasteiger partial charge >= 0.3 is 5.97 Å². The van der Waals surface area contributed by atoms with Gasteiger partial charge in [0, 0.05) is 19.1 Å². The van der Waals surface area contributed by atoms with E-state index in [0.717, 1.165) is 22.6 Å². The van der Waals surface area contributed by atoms with Crippen LogP contribution in [0.25, 0.3) is 6.08 Å². The van der Waals surface area contributed by atoms with E-state index in [9.17, 15) is 9.90 Å². The van der Waals surface area contributed by atoms with Crippen LogP contribution < -0.4 is 14.2 Å². The first kappa shape index (κ1) is 25.3. The van der Waals surface area contributed by atoms with Gasteiger partial charge in [-0.1, -0.05) is 18.2 Å². The molecule has 0 aliphatic rings. The highest BCUT2D eigenvalue weighted by molar-refractivity contribution is 5.72. The largest absolute Gasteiger partial charge is 0.491 e. The zero-order valence-electron chi connectivity index (χ0n) is 19.5. The van der Waals surface area contributed by atoms with E-state index in [2.05, 4.69) is 0 Å². The third-order valence-electron chi connectivity index (χ3n) is 4.29. The number of benzene rings is 2. The number of aliphatic carboxylic acids is 1. The molecule has 0 radical (unpaired) electrons. The van der Waals surface area contributed by atoms with Crippen LogP contribution in [0.1, 0.15) is 45.7 Å².